The summed E-state index contributed by atoms with van der Waals surface area (Å²) < 4.78 is 0. The molecule has 47 heavy (non-hydrogen) atoms. The van der Waals surface area contributed by atoms with Crippen molar-refractivity contribution in [3.8, 4) is 0 Å². The molecule has 10 nitrogen and oxygen atoms in total. The van der Waals surface area contributed by atoms with Gasteiger partial charge < -0.3 is 25.5 Å². The lowest BCUT2D eigenvalue weighted by Crippen LogP contribution is -2.48. The first-order valence-corrected chi connectivity index (χ1v) is 17.9. The summed E-state index contributed by atoms with van der Waals surface area (Å²) in [4.78, 5) is 53.5. The van der Waals surface area contributed by atoms with Gasteiger partial charge in [0.1, 0.15) is 10.3 Å². The quantitative estimate of drug-likeness (QED) is 0.325. The molecular formula is C36H48N6O4S. The molecule has 2 fully saturated rings. The first-order chi connectivity index (χ1) is 22.4. The van der Waals surface area contributed by atoms with Gasteiger partial charge in [-0.25, -0.2) is 9.97 Å². The number of hydrogen-bond acceptors (Lipinski definition) is 8. The lowest BCUT2D eigenvalue weighted by Gasteiger charge is -2.34. The van der Waals surface area contributed by atoms with Crippen molar-refractivity contribution < 1.29 is 19.5 Å². The Bertz CT molecular complexity index is 1630. The Morgan fingerprint density at radius 2 is 1.85 bits per heavy atom. The third-order valence-corrected chi connectivity index (χ3v) is 11.2. The molecule has 2 aromatic heterocycles. The molecule has 4 heterocycles. The monoisotopic (exact) mass is 660 g/mol. The molecule has 3 amide bonds. The lowest BCUT2D eigenvalue weighted by atomic mass is 9.71. The molecule has 0 saturated carbocycles. The number of piperidine rings is 2. The molecule has 3 aromatic rings. The number of aromatic nitrogens is 2. The first-order valence-electron chi connectivity index (χ1n) is 17.1. The maximum absolute atomic E-state index is 13.8. The summed E-state index contributed by atoms with van der Waals surface area (Å²) in [6.07, 6.45) is 5.97. The summed E-state index contributed by atoms with van der Waals surface area (Å²) in [5.74, 6) is 0.245. The number of likely N-dealkylation sites (tertiary alicyclic amines) is 2. The molecule has 11 heteroatoms. The number of amides is 3. The van der Waals surface area contributed by atoms with Crippen LogP contribution in [0, 0.1) is 11.3 Å². The Hall–Kier alpha value is -3.41. The van der Waals surface area contributed by atoms with Crippen LogP contribution in [0.15, 0.2) is 30.3 Å². The largest absolute Gasteiger partial charge is 0.393 e. The third kappa shape index (κ3) is 8.01. The fraction of sp³-hybridized carbons (Fsp3) is 0.583. The van der Waals surface area contributed by atoms with Crippen molar-refractivity contribution in [3.63, 3.8) is 0 Å². The molecule has 1 unspecified atom stereocenters. The summed E-state index contributed by atoms with van der Waals surface area (Å²) >= 11 is 1.33. The van der Waals surface area contributed by atoms with E-state index in [1.165, 1.54) is 16.9 Å². The van der Waals surface area contributed by atoms with E-state index in [9.17, 15) is 19.5 Å². The van der Waals surface area contributed by atoms with Crippen LogP contribution in [0.4, 0.5) is 0 Å². The predicted molar refractivity (Wildman–Crippen MR) is 183 cm³/mol. The number of benzene rings is 1. The second-order valence-corrected chi connectivity index (χ2v) is 15.7. The number of thiazole rings is 1. The van der Waals surface area contributed by atoms with Crippen LogP contribution in [0.3, 0.4) is 0 Å². The van der Waals surface area contributed by atoms with Crippen LogP contribution in [0.5, 0.6) is 0 Å². The Balaban J connectivity index is 1.20. The van der Waals surface area contributed by atoms with Gasteiger partial charge in [-0.2, -0.15) is 0 Å². The number of fused-ring (bicyclic) bond motifs is 2. The van der Waals surface area contributed by atoms with E-state index in [-0.39, 0.29) is 41.3 Å². The van der Waals surface area contributed by atoms with E-state index >= 15 is 0 Å². The van der Waals surface area contributed by atoms with Gasteiger partial charge in [0.25, 0.3) is 11.8 Å². The van der Waals surface area contributed by atoms with Crippen LogP contribution in [-0.4, -0.2) is 88.0 Å². The second-order valence-electron chi connectivity index (χ2n) is 14.7. The molecule has 6 rings (SSSR count). The number of nitrogens with one attached hydrogen (secondary N) is 2. The van der Waals surface area contributed by atoms with Crippen LogP contribution in [0.25, 0.3) is 10.3 Å². The maximum Gasteiger partial charge on any atom is 0.280 e. The third-order valence-electron chi connectivity index (χ3n) is 10.3. The summed E-state index contributed by atoms with van der Waals surface area (Å²) in [5, 5.41) is 16.7. The van der Waals surface area contributed by atoms with E-state index in [2.05, 4.69) is 42.4 Å². The molecule has 0 spiro atoms. The van der Waals surface area contributed by atoms with Crippen LogP contribution < -0.4 is 10.6 Å². The SMILES string of the molecule is CN1CC(NC(=O)c2cccc([C@@H](CCN3CCC(O)CC3)NC(=O)c3nc4cc5c(nc4s3)CC[C@H](C(C)(C)C)C5)c2)CCC1=O. The van der Waals surface area contributed by atoms with Crippen LogP contribution in [0.1, 0.15) is 102 Å². The smallest absolute Gasteiger partial charge is 0.280 e. The Labute approximate surface area is 281 Å². The van der Waals surface area contributed by atoms with Crippen molar-refractivity contribution in [2.24, 2.45) is 11.3 Å². The molecule has 2 saturated heterocycles. The van der Waals surface area contributed by atoms with Gasteiger partial charge in [0, 0.05) is 56.9 Å². The van der Waals surface area contributed by atoms with E-state index in [0.717, 1.165) is 73.3 Å². The number of carbonyl (C=O) groups excluding carboxylic acids is 3. The molecule has 3 aliphatic rings. The number of likely N-dealkylation sites (N-methyl/N-ethyl adjacent to an activating group) is 1. The van der Waals surface area contributed by atoms with Crippen molar-refractivity contribution in [3.05, 3.63) is 57.7 Å². The molecule has 1 aromatic carbocycles. The van der Waals surface area contributed by atoms with E-state index in [1.54, 1.807) is 18.0 Å². The van der Waals surface area contributed by atoms with Crippen molar-refractivity contribution in [1.82, 2.24) is 30.4 Å². The highest BCUT2D eigenvalue weighted by Gasteiger charge is 2.31. The highest BCUT2D eigenvalue weighted by Crippen LogP contribution is 2.38. The van der Waals surface area contributed by atoms with Gasteiger partial charge in [-0.15, -0.1) is 0 Å². The molecule has 1 aliphatic carbocycles. The number of aliphatic hydroxyl groups excluding tert-OH is 1. The Morgan fingerprint density at radius 3 is 2.60 bits per heavy atom. The van der Waals surface area contributed by atoms with Gasteiger partial charge >= 0.3 is 0 Å². The summed E-state index contributed by atoms with van der Waals surface area (Å²) in [7, 11) is 1.76. The van der Waals surface area contributed by atoms with E-state index < -0.39 is 0 Å². The van der Waals surface area contributed by atoms with Crippen molar-refractivity contribution in [1.29, 1.82) is 0 Å². The minimum absolute atomic E-state index is 0.0944. The number of carbonyl (C=O) groups is 3. The van der Waals surface area contributed by atoms with E-state index in [1.807, 2.05) is 18.2 Å². The minimum atomic E-state index is -0.346. The van der Waals surface area contributed by atoms with Crippen LogP contribution in [0.2, 0.25) is 0 Å². The number of aryl methyl sites for hydroxylation is 1. The number of hydrogen-bond donors (Lipinski definition) is 3. The van der Waals surface area contributed by atoms with Gasteiger partial charge in [-0.1, -0.05) is 44.2 Å². The Morgan fingerprint density at radius 1 is 1.06 bits per heavy atom. The van der Waals surface area contributed by atoms with Gasteiger partial charge in [0.2, 0.25) is 5.91 Å². The highest BCUT2D eigenvalue weighted by atomic mass is 32.1. The fourth-order valence-corrected chi connectivity index (χ4v) is 7.98. The van der Waals surface area contributed by atoms with Gasteiger partial charge in [-0.3, -0.25) is 14.4 Å². The molecular weight excluding hydrogens is 613 g/mol. The molecule has 252 valence electrons. The van der Waals surface area contributed by atoms with Crippen molar-refractivity contribution in [2.45, 2.75) is 90.3 Å². The van der Waals surface area contributed by atoms with E-state index in [4.69, 9.17) is 9.97 Å². The van der Waals surface area contributed by atoms with Crippen LogP contribution >= 0.6 is 11.3 Å². The molecule has 3 N–H and O–H groups in total. The average Bonchev–Trinajstić information content (AvgIpc) is 3.46. The zero-order chi connectivity index (χ0) is 33.3. The summed E-state index contributed by atoms with van der Waals surface area (Å²) in [6, 6.07) is 9.14. The molecule has 0 bridgehead atoms. The first kappa shape index (κ1) is 33.5. The number of nitrogens with zero attached hydrogens (tertiary/aromatic N) is 4. The lowest BCUT2D eigenvalue weighted by molar-refractivity contribution is -0.132. The number of pyridine rings is 1. The zero-order valence-electron chi connectivity index (χ0n) is 28.1. The summed E-state index contributed by atoms with van der Waals surface area (Å²) in [5.41, 5.74) is 4.73. The van der Waals surface area contributed by atoms with Crippen LogP contribution in [-0.2, 0) is 17.6 Å². The highest BCUT2D eigenvalue weighted by molar-refractivity contribution is 7.19. The van der Waals surface area contributed by atoms with Crippen molar-refractivity contribution in [2.75, 3.05) is 33.2 Å². The van der Waals surface area contributed by atoms with Gasteiger partial charge in [0.15, 0.2) is 5.01 Å². The fourth-order valence-electron chi connectivity index (χ4n) is 7.14. The standard InChI is InChI=1S/C36H48N6O4S/c1-36(2,3)25-8-10-28-24(19-25)20-30-34(39-28)47-35(40-30)33(46)38-29(14-17-42-15-12-27(43)13-16-42)22-6-5-7-23(18-22)32(45)37-26-9-11-31(44)41(4)21-26/h5-7,18,20,25-27,29,43H,8-17,19,21H2,1-4H3,(H,37,45)(H,38,46)/t25-,26?,29+/m0/s1. The number of aliphatic hydroxyl groups is 1. The minimum Gasteiger partial charge on any atom is -0.393 e. The average molecular weight is 661 g/mol. The molecule has 3 atom stereocenters. The number of rotatable bonds is 8. The Kier molecular flexibility index (Phi) is 9.96. The molecule has 0 radical (unpaired) electrons. The zero-order valence-corrected chi connectivity index (χ0v) is 28.9. The second kappa shape index (κ2) is 14.0. The predicted octanol–water partition coefficient (Wildman–Crippen LogP) is 4.51. The van der Waals surface area contributed by atoms with Crippen molar-refractivity contribution >= 4 is 39.4 Å². The molecule has 2 aliphatic heterocycles. The topological polar surface area (TPSA) is 128 Å². The van der Waals surface area contributed by atoms with Gasteiger partial charge in [-0.05, 0) is 85.6 Å². The van der Waals surface area contributed by atoms with Gasteiger partial charge in [0.05, 0.1) is 12.1 Å². The van der Waals surface area contributed by atoms with E-state index in [0.29, 0.717) is 42.3 Å². The summed E-state index contributed by atoms with van der Waals surface area (Å²) in [6.45, 7) is 9.76. The normalized spacial score (nSPS) is 21.8. The maximum atomic E-state index is 13.8.